The van der Waals surface area contributed by atoms with Gasteiger partial charge in [-0.2, -0.15) is 5.10 Å². The van der Waals surface area contributed by atoms with Crippen LogP contribution in [-0.4, -0.2) is 27.8 Å². The SMILES string of the molecule is CCc1c(C(=O)NCc2ccnc(Oc3ccc(OC)cc3)c2)cnn1Cc1ccccc1. The predicted octanol–water partition coefficient (Wildman–Crippen LogP) is 4.62. The number of rotatable bonds is 9. The lowest BCUT2D eigenvalue weighted by Gasteiger charge is -2.10. The molecule has 168 valence electrons. The van der Waals surface area contributed by atoms with Gasteiger partial charge in [-0.3, -0.25) is 9.48 Å². The first kappa shape index (κ1) is 22.1. The quantitative estimate of drug-likeness (QED) is 0.409. The number of nitrogens with zero attached hydrogens (tertiary/aromatic N) is 3. The monoisotopic (exact) mass is 442 g/mol. The highest BCUT2D eigenvalue weighted by Gasteiger charge is 2.16. The third kappa shape index (κ3) is 5.57. The molecule has 7 heteroatoms. The third-order valence-corrected chi connectivity index (χ3v) is 5.24. The number of carbonyl (C=O) groups excluding carboxylic acids is 1. The molecule has 0 spiro atoms. The summed E-state index contributed by atoms with van der Waals surface area (Å²) in [5.41, 5.74) is 3.53. The lowest BCUT2D eigenvalue weighted by molar-refractivity contribution is 0.0949. The van der Waals surface area contributed by atoms with Crippen LogP contribution >= 0.6 is 0 Å². The minimum absolute atomic E-state index is 0.152. The standard InChI is InChI=1S/C26H26N4O3/c1-3-24-23(17-29-30(24)18-19-7-5-4-6-8-19)26(31)28-16-20-13-14-27-25(15-20)33-22-11-9-21(32-2)10-12-22/h4-15,17H,3,16,18H2,1-2H3,(H,28,31). The molecule has 2 aromatic heterocycles. The first-order chi connectivity index (χ1) is 16.2. The number of nitrogens with one attached hydrogen (secondary N) is 1. The zero-order valence-corrected chi connectivity index (χ0v) is 18.7. The molecule has 7 nitrogen and oxygen atoms in total. The zero-order valence-electron chi connectivity index (χ0n) is 18.7. The maximum absolute atomic E-state index is 12.9. The highest BCUT2D eigenvalue weighted by molar-refractivity contribution is 5.95. The second-order valence-electron chi connectivity index (χ2n) is 7.46. The molecule has 0 fully saturated rings. The van der Waals surface area contributed by atoms with Crippen LogP contribution in [0.15, 0.2) is 79.1 Å². The molecule has 1 amide bonds. The van der Waals surface area contributed by atoms with Crippen LogP contribution in [0.3, 0.4) is 0 Å². The van der Waals surface area contributed by atoms with Crippen LogP contribution < -0.4 is 14.8 Å². The molecule has 4 rings (SSSR count). The molecule has 2 heterocycles. The lowest BCUT2D eigenvalue weighted by atomic mass is 10.1. The Morgan fingerprint density at radius 1 is 1.00 bits per heavy atom. The van der Waals surface area contributed by atoms with Gasteiger partial charge in [0.25, 0.3) is 5.91 Å². The summed E-state index contributed by atoms with van der Waals surface area (Å²) < 4.78 is 12.9. The highest BCUT2D eigenvalue weighted by atomic mass is 16.5. The van der Waals surface area contributed by atoms with E-state index in [0.29, 0.717) is 36.7 Å². The number of carbonyl (C=O) groups is 1. The van der Waals surface area contributed by atoms with Crippen LogP contribution in [-0.2, 0) is 19.5 Å². The van der Waals surface area contributed by atoms with Crippen LogP contribution in [0.1, 0.15) is 34.1 Å². The number of aromatic nitrogens is 3. The van der Waals surface area contributed by atoms with E-state index in [4.69, 9.17) is 9.47 Å². The molecule has 0 saturated carbocycles. The Morgan fingerprint density at radius 2 is 1.76 bits per heavy atom. The molecule has 0 unspecified atom stereocenters. The Kier molecular flexibility index (Phi) is 6.99. The van der Waals surface area contributed by atoms with Crippen LogP contribution in [0.4, 0.5) is 0 Å². The van der Waals surface area contributed by atoms with Crippen molar-refractivity contribution in [3.8, 4) is 17.4 Å². The summed E-state index contributed by atoms with van der Waals surface area (Å²) in [6.07, 6.45) is 4.02. The van der Waals surface area contributed by atoms with E-state index >= 15 is 0 Å². The van der Waals surface area contributed by atoms with Crippen molar-refractivity contribution in [2.24, 2.45) is 0 Å². The number of amides is 1. The van der Waals surface area contributed by atoms with Crippen molar-refractivity contribution in [3.63, 3.8) is 0 Å². The second kappa shape index (κ2) is 10.5. The number of pyridine rings is 1. The van der Waals surface area contributed by atoms with Gasteiger partial charge in [0, 0.05) is 18.8 Å². The van der Waals surface area contributed by atoms with Gasteiger partial charge in [-0.05, 0) is 47.9 Å². The van der Waals surface area contributed by atoms with Gasteiger partial charge in [0.15, 0.2) is 0 Å². The van der Waals surface area contributed by atoms with E-state index in [0.717, 1.165) is 22.6 Å². The molecule has 0 aliphatic rings. The van der Waals surface area contributed by atoms with Gasteiger partial charge in [0.1, 0.15) is 11.5 Å². The molecule has 1 N–H and O–H groups in total. The van der Waals surface area contributed by atoms with Gasteiger partial charge in [-0.1, -0.05) is 37.3 Å². The molecule has 0 aliphatic heterocycles. The average molecular weight is 443 g/mol. The van der Waals surface area contributed by atoms with Gasteiger partial charge in [-0.15, -0.1) is 0 Å². The van der Waals surface area contributed by atoms with Crippen molar-refractivity contribution in [2.75, 3.05) is 7.11 Å². The minimum atomic E-state index is -0.152. The van der Waals surface area contributed by atoms with Crippen molar-refractivity contribution >= 4 is 5.91 Å². The van der Waals surface area contributed by atoms with Crippen molar-refractivity contribution in [2.45, 2.75) is 26.4 Å². The van der Waals surface area contributed by atoms with Crippen LogP contribution in [0, 0.1) is 0 Å². The van der Waals surface area contributed by atoms with Crippen LogP contribution in [0.25, 0.3) is 0 Å². The van der Waals surface area contributed by atoms with E-state index in [-0.39, 0.29) is 5.91 Å². The van der Waals surface area contributed by atoms with E-state index in [1.807, 2.05) is 66.2 Å². The summed E-state index contributed by atoms with van der Waals surface area (Å²) in [5, 5.41) is 7.43. The van der Waals surface area contributed by atoms with E-state index < -0.39 is 0 Å². The predicted molar refractivity (Wildman–Crippen MR) is 126 cm³/mol. The van der Waals surface area contributed by atoms with Crippen LogP contribution in [0.5, 0.6) is 17.4 Å². The fourth-order valence-corrected chi connectivity index (χ4v) is 3.52. The molecule has 0 radical (unpaired) electrons. The summed E-state index contributed by atoms with van der Waals surface area (Å²) in [4.78, 5) is 17.1. The Bertz CT molecular complexity index is 1200. The summed E-state index contributed by atoms with van der Waals surface area (Å²) in [6, 6.07) is 21.0. The summed E-state index contributed by atoms with van der Waals surface area (Å²) in [7, 11) is 1.62. The molecule has 2 aromatic carbocycles. The fraction of sp³-hybridized carbons (Fsp3) is 0.192. The molecule has 33 heavy (non-hydrogen) atoms. The fourth-order valence-electron chi connectivity index (χ4n) is 3.52. The normalized spacial score (nSPS) is 10.6. The van der Waals surface area contributed by atoms with Gasteiger partial charge < -0.3 is 14.8 Å². The smallest absolute Gasteiger partial charge is 0.255 e. The lowest BCUT2D eigenvalue weighted by Crippen LogP contribution is -2.24. The highest BCUT2D eigenvalue weighted by Crippen LogP contribution is 2.23. The van der Waals surface area contributed by atoms with E-state index in [9.17, 15) is 4.79 Å². The number of hydrogen-bond donors (Lipinski definition) is 1. The molecular formula is C26H26N4O3. The second-order valence-corrected chi connectivity index (χ2v) is 7.46. The maximum atomic E-state index is 12.9. The van der Waals surface area contributed by atoms with E-state index in [2.05, 4.69) is 27.5 Å². The van der Waals surface area contributed by atoms with Crippen LogP contribution in [0.2, 0.25) is 0 Å². The molecule has 0 aliphatic carbocycles. The summed E-state index contributed by atoms with van der Waals surface area (Å²) >= 11 is 0. The molecule has 0 bridgehead atoms. The summed E-state index contributed by atoms with van der Waals surface area (Å²) in [5.74, 6) is 1.71. The van der Waals surface area contributed by atoms with E-state index in [1.165, 1.54) is 0 Å². The van der Waals surface area contributed by atoms with Crippen molar-refractivity contribution in [1.29, 1.82) is 0 Å². The van der Waals surface area contributed by atoms with Gasteiger partial charge in [-0.25, -0.2) is 4.98 Å². The van der Waals surface area contributed by atoms with Gasteiger partial charge in [0.05, 0.1) is 31.1 Å². The first-order valence-electron chi connectivity index (χ1n) is 10.8. The largest absolute Gasteiger partial charge is 0.497 e. The third-order valence-electron chi connectivity index (χ3n) is 5.24. The average Bonchev–Trinajstić information content (AvgIpc) is 3.26. The van der Waals surface area contributed by atoms with Crippen molar-refractivity contribution in [1.82, 2.24) is 20.1 Å². The maximum Gasteiger partial charge on any atom is 0.255 e. The Labute approximate surface area is 193 Å². The number of benzene rings is 2. The Hall–Kier alpha value is -4.13. The Balaban J connectivity index is 1.40. The zero-order chi connectivity index (χ0) is 23.0. The number of ether oxygens (including phenoxy) is 2. The van der Waals surface area contributed by atoms with E-state index in [1.54, 1.807) is 19.5 Å². The molecule has 4 aromatic rings. The topological polar surface area (TPSA) is 78.3 Å². The van der Waals surface area contributed by atoms with Crippen molar-refractivity contribution in [3.05, 3.63) is 102 Å². The molecule has 0 atom stereocenters. The summed E-state index contributed by atoms with van der Waals surface area (Å²) in [6.45, 7) is 3.02. The van der Waals surface area contributed by atoms with Gasteiger partial charge >= 0.3 is 0 Å². The Morgan fingerprint density at radius 3 is 2.48 bits per heavy atom. The minimum Gasteiger partial charge on any atom is -0.497 e. The molecular weight excluding hydrogens is 416 g/mol. The number of methoxy groups -OCH3 is 1. The number of hydrogen-bond acceptors (Lipinski definition) is 5. The van der Waals surface area contributed by atoms with Crippen molar-refractivity contribution < 1.29 is 14.3 Å². The first-order valence-corrected chi connectivity index (χ1v) is 10.8. The van der Waals surface area contributed by atoms with Gasteiger partial charge in [0.2, 0.25) is 5.88 Å². The molecule has 0 saturated heterocycles.